The maximum absolute atomic E-state index is 12.4. The predicted octanol–water partition coefficient (Wildman–Crippen LogP) is 2.91. The smallest absolute Gasteiger partial charge is 0.242 e. The Kier molecular flexibility index (Phi) is 6.61. The number of para-hydroxylation sites is 1. The van der Waals surface area contributed by atoms with Gasteiger partial charge in [0.2, 0.25) is 11.8 Å². The third-order valence-electron chi connectivity index (χ3n) is 4.55. The van der Waals surface area contributed by atoms with Crippen LogP contribution in [0, 0.1) is 19.8 Å². The van der Waals surface area contributed by atoms with Gasteiger partial charge in [0.1, 0.15) is 6.04 Å². The average Bonchev–Trinajstić information content (AvgIpc) is 2.86. The van der Waals surface area contributed by atoms with Crippen molar-refractivity contribution in [2.75, 3.05) is 6.54 Å². The van der Waals surface area contributed by atoms with Crippen molar-refractivity contribution in [2.24, 2.45) is 5.92 Å². The Bertz CT molecular complexity index is 763. The van der Waals surface area contributed by atoms with Gasteiger partial charge in [0, 0.05) is 30.5 Å². The van der Waals surface area contributed by atoms with E-state index in [0.29, 0.717) is 6.54 Å². The second-order valence-electron chi connectivity index (χ2n) is 7.03. The van der Waals surface area contributed by atoms with Gasteiger partial charge < -0.3 is 15.2 Å². The summed E-state index contributed by atoms with van der Waals surface area (Å²) in [7, 11) is 0. The zero-order valence-corrected chi connectivity index (χ0v) is 16.3. The molecular formula is C21H29N3O2. The minimum atomic E-state index is -0.496. The summed E-state index contributed by atoms with van der Waals surface area (Å²) >= 11 is 0. The van der Waals surface area contributed by atoms with Gasteiger partial charge in [-0.05, 0) is 49.9 Å². The van der Waals surface area contributed by atoms with Gasteiger partial charge in [-0.1, -0.05) is 32.0 Å². The molecule has 0 radical (unpaired) electrons. The third-order valence-corrected chi connectivity index (χ3v) is 4.55. The summed E-state index contributed by atoms with van der Waals surface area (Å²) in [5.41, 5.74) is 4.72. The molecule has 0 saturated carbocycles. The number of nitrogens with one attached hydrogen (secondary N) is 2. The van der Waals surface area contributed by atoms with E-state index in [0.717, 1.165) is 12.1 Å². The molecule has 2 N–H and O–H groups in total. The van der Waals surface area contributed by atoms with E-state index in [-0.39, 0.29) is 17.7 Å². The second-order valence-corrected chi connectivity index (χ2v) is 7.03. The normalized spacial score (nSPS) is 12.1. The Morgan fingerprint density at radius 3 is 2.35 bits per heavy atom. The predicted molar refractivity (Wildman–Crippen MR) is 104 cm³/mol. The number of aromatic nitrogens is 1. The van der Waals surface area contributed by atoms with Crippen molar-refractivity contribution in [3.8, 4) is 5.69 Å². The number of hydrogen-bond acceptors (Lipinski definition) is 2. The van der Waals surface area contributed by atoms with Crippen LogP contribution in [0.4, 0.5) is 0 Å². The Morgan fingerprint density at radius 1 is 1.12 bits per heavy atom. The summed E-state index contributed by atoms with van der Waals surface area (Å²) < 4.78 is 2.23. The maximum Gasteiger partial charge on any atom is 0.242 e. The number of benzene rings is 1. The minimum absolute atomic E-state index is 0.0436. The van der Waals surface area contributed by atoms with Gasteiger partial charge in [-0.3, -0.25) is 9.59 Å². The summed E-state index contributed by atoms with van der Waals surface area (Å²) in [6.45, 7) is 10.0. The van der Waals surface area contributed by atoms with E-state index in [2.05, 4.69) is 47.2 Å². The van der Waals surface area contributed by atoms with Gasteiger partial charge >= 0.3 is 0 Å². The van der Waals surface area contributed by atoms with Crippen molar-refractivity contribution < 1.29 is 9.59 Å². The van der Waals surface area contributed by atoms with Crippen LogP contribution in [0.15, 0.2) is 36.4 Å². The number of rotatable bonds is 7. The Balaban J connectivity index is 2.02. The van der Waals surface area contributed by atoms with Crippen LogP contribution in [-0.4, -0.2) is 29.0 Å². The van der Waals surface area contributed by atoms with Gasteiger partial charge in [-0.25, -0.2) is 0 Å². The molecule has 1 aromatic heterocycles. The second kappa shape index (κ2) is 8.70. The molecule has 0 aliphatic heterocycles. The lowest BCUT2D eigenvalue weighted by Crippen LogP contribution is -2.49. The molecule has 5 nitrogen and oxygen atoms in total. The Hall–Kier alpha value is -2.56. The van der Waals surface area contributed by atoms with E-state index in [4.69, 9.17) is 0 Å². The lowest BCUT2D eigenvalue weighted by atomic mass is 10.0. The summed E-state index contributed by atoms with van der Waals surface area (Å²) in [6.07, 6.45) is 0.753. The highest BCUT2D eigenvalue weighted by atomic mass is 16.2. The van der Waals surface area contributed by atoms with Crippen molar-refractivity contribution in [1.29, 1.82) is 0 Å². The molecule has 0 spiro atoms. The lowest BCUT2D eigenvalue weighted by Gasteiger charge is -2.20. The first-order valence-corrected chi connectivity index (χ1v) is 9.09. The van der Waals surface area contributed by atoms with Crippen LogP contribution < -0.4 is 10.6 Å². The third kappa shape index (κ3) is 4.75. The molecule has 0 aliphatic carbocycles. The van der Waals surface area contributed by atoms with Crippen molar-refractivity contribution in [3.63, 3.8) is 0 Å². The van der Waals surface area contributed by atoms with E-state index in [1.807, 2.05) is 32.0 Å². The molecule has 5 heteroatoms. The summed E-state index contributed by atoms with van der Waals surface area (Å²) in [4.78, 5) is 23.6. The monoisotopic (exact) mass is 355 g/mol. The minimum Gasteiger partial charge on any atom is -0.354 e. The summed E-state index contributed by atoms with van der Waals surface area (Å²) in [5, 5.41) is 5.67. The first-order valence-electron chi connectivity index (χ1n) is 9.09. The summed E-state index contributed by atoms with van der Waals surface area (Å²) in [5.74, 6) is -0.278. The van der Waals surface area contributed by atoms with Crippen LogP contribution in [0.1, 0.15) is 37.7 Å². The largest absolute Gasteiger partial charge is 0.354 e. The van der Waals surface area contributed by atoms with E-state index < -0.39 is 6.04 Å². The Labute approximate surface area is 155 Å². The lowest BCUT2D eigenvalue weighted by molar-refractivity contribution is -0.129. The molecule has 2 aromatic rings. The van der Waals surface area contributed by atoms with Crippen molar-refractivity contribution in [2.45, 2.75) is 47.1 Å². The van der Waals surface area contributed by atoms with Crippen LogP contribution in [0.5, 0.6) is 0 Å². The molecule has 1 heterocycles. The quantitative estimate of drug-likeness (QED) is 0.802. The fourth-order valence-corrected chi connectivity index (χ4v) is 3.24. The molecular weight excluding hydrogens is 326 g/mol. The first-order chi connectivity index (χ1) is 12.3. The van der Waals surface area contributed by atoms with E-state index in [1.165, 1.54) is 23.9 Å². The molecule has 26 heavy (non-hydrogen) atoms. The fourth-order valence-electron chi connectivity index (χ4n) is 3.24. The van der Waals surface area contributed by atoms with Gasteiger partial charge in [0.05, 0.1) is 0 Å². The van der Waals surface area contributed by atoms with Gasteiger partial charge in [0.15, 0.2) is 0 Å². The van der Waals surface area contributed by atoms with Gasteiger partial charge in [0.25, 0.3) is 0 Å². The topological polar surface area (TPSA) is 63.1 Å². The van der Waals surface area contributed by atoms with E-state index in [9.17, 15) is 9.59 Å². The number of amides is 2. The molecule has 2 rings (SSSR count). The van der Waals surface area contributed by atoms with Crippen molar-refractivity contribution in [3.05, 3.63) is 53.3 Å². The zero-order valence-electron chi connectivity index (χ0n) is 16.3. The molecule has 0 unspecified atom stereocenters. The Morgan fingerprint density at radius 2 is 1.77 bits per heavy atom. The average molecular weight is 355 g/mol. The van der Waals surface area contributed by atoms with Crippen LogP contribution >= 0.6 is 0 Å². The van der Waals surface area contributed by atoms with Crippen LogP contribution in [-0.2, 0) is 16.0 Å². The number of aryl methyl sites for hydroxylation is 1. The molecule has 0 aliphatic rings. The van der Waals surface area contributed by atoms with E-state index in [1.54, 1.807) is 0 Å². The van der Waals surface area contributed by atoms with Crippen LogP contribution in [0.25, 0.3) is 5.69 Å². The van der Waals surface area contributed by atoms with Crippen molar-refractivity contribution in [1.82, 2.24) is 15.2 Å². The zero-order chi connectivity index (χ0) is 19.3. The highest BCUT2D eigenvalue weighted by Crippen LogP contribution is 2.20. The molecule has 0 saturated heterocycles. The van der Waals surface area contributed by atoms with Crippen molar-refractivity contribution >= 4 is 11.8 Å². The molecule has 140 valence electrons. The number of nitrogens with zero attached hydrogens (tertiary/aromatic N) is 1. The SMILES string of the molecule is CC(=O)N[C@@H](C(=O)NCCc1cc(C)n(-c2ccccc2)c1C)C(C)C. The first kappa shape index (κ1) is 19.8. The molecule has 0 fully saturated rings. The highest BCUT2D eigenvalue weighted by Gasteiger charge is 2.22. The molecule has 0 bridgehead atoms. The molecule has 2 amide bonds. The van der Waals surface area contributed by atoms with Crippen LogP contribution in [0.3, 0.4) is 0 Å². The number of carbonyl (C=O) groups is 2. The maximum atomic E-state index is 12.4. The van der Waals surface area contributed by atoms with Crippen LogP contribution in [0.2, 0.25) is 0 Å². The summed E-state index contributed by atoms with van der Waals surface area (Å²) in [6, 6.07) is 11.9. The highest BCUT2D eigenvalue weighted by molar-refractivity contribution is 5.87. The standard InChI is InChI=1S/C21H29N3O2/c1-14(2)20(23-17(5)25)21(26)22-12-11-18-13-15(3)24(16(18)4)19-9-7-6-8-10-19/h6-10,13-14,20H,11-12H2,1-5H3,(H,22,26)(H,23,25)/t20-/m1/s1. The van der Waals surface area contributed by atoms with Gasteiger partial charge in [-0.15, -0.1) is 0 Å². The number of carbonyl (C=O) groups excluding carboxylic acids is 2. The van der Waals surface area contributed by atoms with E-state index >= 15 is 0 Å². The molecule has 1 atom stereocenters. The fraction of sp³-hybridized carbons (Fsp3) is 0.429. The molecule has 1 aromatic carbocycles. The van der Waals surface area contributed by atoms with Gasteiger partial charge in [-0.2, -0.15) is 0 Å². The number of hydrogen-bond donors (Lipinski definition) is 2.